The molecule has 10 nitrogen and oxygen atoms in total. The third kappa shape index (κ3) is 15.7. The number of hydrogen-bond donors (Lipinski definition) is 0. The first-order chi connectivity index (χ1) is 28.8. The Kier molecular flexibility index (Phi) is 19.7. The van der Waals surface area contributed by atoms with E-state index in [1.54, 1.807) is 26.5 Å². The lowest BCUT2D eigenvalue weighted by Crippen LogP contribution is -2.31. The Morgan fingerprint density at radius 2 is 1.31 bits per heavy atom. The average molecular weight is 836 g/mol. The number of benzene rings is 5. The van der Waals surface area contributed by atoms with Crippen LogP contribution in [0.25, 0.3) is 0 Å². The number of ether oxygens (including phenoxy) is 4. The van der Waals surface area contributed by atoms with Gasteiger partial charge in [-0.05, 0) is 115 Å². The van der Waals surface area contributed by atoms with Crippen molar-refractivity contribution in [1.82, 2.24) is 4.90 Å². The van der Waals surface area contributed by atoms with Crippen molar-refractivity contribution >= 4 is 41.8 Å². The van der Waals surface area contributed by atoms with E-state index in [0.29, 0.717) is 52.6 Å². The van der Waals surface area contributed by atoms with Gasteiger partial charge in [0.2, 0.25) is 0 Å². The van der Waals surface area contributed by atoms with Crippen LogP contribution in [0.4, 0.5) is 0 Å². The molecule has 1 saturated heterocycles. The molecule has 0 aromatic heterocycles. The maximum absolute atomic E-state index is 9.04. The van der Waals surface area contributed by atoms with Crippen molar-refractivity contribution in [3.8, 4) is 29.1 Å². The predicted molar refractivity (Wildman–Crippen MR) is 233 cm³/mol. The Labute approximate surface area is 356 Å². The molecule has 1 aliphatic heterocycles. The van der Waals surface area contributed by atoms with Gasteiger partial charge >= 0.3 is 6.15 Å². The highest BCUT2D eigenvalue weighted by Gasteiger charge is 2.13. The van der Waals surface area contributed by atoms with E-state index in [2.05, 4.69) is 27.0 Å². The summed E-state index contributed by atoms with van der Waals surface area (Å²) in [4.78, 5) is 27.8. The van der Waals surface area contributed by atoms with E-state index in [1.165, 1.54) is 32.4 Å². The molecule has 5 aromatic rings. The van der Waals surface area contributed by atoms with Gasteiger partial charge < -0.3 is 23.8 Å². The molecule has 0 aliphatic carbocycles. The summed E-state index contributed by atoms with van der Waals surface area (Å²) in [5, 5.41) is 10.2. The van der Waals surface area contributed by atoms with Crippen LogP contribution in [0.5, 0.6) is 23.0 Å². The number of methoxy groups -OCH3 is 2. The fourth-order valence-corrected chi connectivity index (χ4v) is 6.68. The Morgan fingerprint density at radius 3 is 1.97 bits per heavy atom. The van der Waals surface area contributed by atoms with Crippen LogP contribution in [-0.4, -0.2) is 63.9 Å². The molecule has 5 aromatic carbocycles. The second kappa shape index (κ2) is 25.4. The van der Waals surface area contributed by atoms with E-state index < -0.39 is 0 Å². The molecule has 0 bridgehead atoms. The Hall–Kier alpha value is -5.95. The smallest absolute Gasteiger partial charge is 0.373 e. The average Bonchev–Trinajstić information content (AvgIpc) is 3.25. The van der Waals surface area contributed by atoms with E-state index in [0.717, 1.165) is 52.2 Å². The summed E-state index contributed by atoms with van der Waals surface area (Å²) in [7, 11) is 3.23. The summed E-state index contributed by atoms with van der Waals surface area (Å²) >= 11 is 12.4. The van der Waals surface area contributed by atoms with Crippen LogP contribution in [0.3, 0.4) is 0 Å². The fourth-order valence-electron chi connectivity index (χ4n) is 6.19. The van der Waals surface area contributed by atoms with Gasteiger partial charge in [-0.1, -0.05) is 84.2 Å². The zero-order valence-electron chi connectivity index (χ0n) is 33.5. The maximum atomic E-state index is 9.04. The maximum Gasteiger partial charge on any atom is 0.373 e. The molecule has 0 atom stereocenters. The normalized spacial score (nSPS) is 12.3. The summed E-state index contributed by atoms with van der Waals surface area (Å²) in [6.07, 6.45) is 7.92. The van der Waals surface area contributed by atoms with Crippen molar-refractivity contribution in [1.29, 1.82) is 5.26 Å². The number of likely N-dealkylation sites (tertiary alicyclic amines) is 1. The summed E-state index contributed by atoms with van der Waals surface area (Å²) < 4.78 is 22.9. The summed E-state index contributed by atoms with van der Waals surface area (Å²) in [6, 6.07) is 34.8. The number of hydrogen-bond acceptors (Lipinski definition) is 10. The zero-order valence-corrected chi connectivity index (χ0v) is 35.0. The lowest BCUT2D eigenvalue weighted by atomic mass is 10.1. The quantitative estimate of drug-likeness (QED) is 0.0956. The highest BCUT2D eigenvalue weighted by molar-refractivity contribution is 6.32. The van der Waals surface area contributed by atoms with Gasteiger partial charge in [0.1, 0.15) is 13.2 Å². The topological polar surface area (TPSA) is 123 Å². The standard InChI is InChI=1S/C24H29N3O2.C22H19Cl2NO2.CO2/c1-19-13-22(17-26-9-12-27-10-4-3-5-11-27)15-23(28-2)24(19)29-18-21-8-6-7-20(14-21)16-25;1-26-21-12-18(14-25-13-16-6-3-2-4-7-16)11-20(24)22(21)27-15-17-8-5-9-19(23)10-17;2-1-3/h6-8,13-15,17H,3-5,9-12,18H2,1-2H3;2-12,14H,13,15H2,1H3;. The fraction of sp³-hybridized carbons (Fsp3) is 0.277. The zero-order chi connectivity index (χ0) is 42.2. The molecule has 0 unspecified atom stereocenters. The van der Waals surface area contributed by atoms with E-state index in [-0.39, 0.29) is 6.15 Å². The van der Waals surface area contributed by atoms with Gasteiger partial charge in [0, 0.05) is 24.0 Å². The molecule has 0 N–H and O–H groups in total. The largest absolute Gasteiger partial charge is 0.493 e. The molecule has 1 aliphatic rings. The molecule has 12 heteroatoms. The van der Waals surface area contributed by atoms with Crippen LogP contribution in [0.1, 0.15) is 58.2 Å². The van der Waals surface area contributed by atoms with Crippen LogP contribution in [0.2, 0.25) is 10.0 Å². The Balaban J connectivity index is 0.000000245. The molecule has 59 heavy (non-hydrogen) atoms. The minimum atomic E-state index is 0.250. The summed E-state index contributed by atoms with van der Waals surface area (Å²) in [5.41, 5.74) is 6.54. The second-order valence-electron chi connectivity index (χ2n) is 13.4. The van der Waals surface area contributed by atoms with Crippen LogP contribution >= 0.6 is 23.2 Å². The minimum absolute atomic E-state index is 0.250. The van der Waals surface area contributed by atoms with Crippen molar-refractivity contribution in [3.05, 3.63) is 152 Å². The van der Waals surface area contributed by atoms with Gasteiger partial charge in [-0.15, -0.1) is 0 Å². The number of piperidine rings is 1. The molecule has 0 amide bonds. The molecule has 1 heterocycles. The van der Waals surface area contributed by atoms with Crippen molar-refractivity contribution in [3.63, 3.8) is 0 Å². The number of aliphatic imine (C=N–C) groups is 2. The van der Waals surface area contributed by atoms with Gasteiger partial charge in [0.15, 0.2) is 23.0 Å². The molecular weight excluding hydrogens is 787 g/mol. The van der Waals surface area contributed by atoms with E-state index in [1.807, 2.05) is 104 Å². The van der Waals surface area contributed by atoms with Gasteiger partial charge in [-0.25, -0.2) is 0 Å². The van der Waals surface area contributed by atoms with Crippen LogP contribution < -0.4 is 18.9 Å². The van der Waals surface area contributed by atoms with Crippen LogP contribution in [-0.2, 0) is 29.3 Å². The minimum Gasteiger partial charge on any atom is -0.493 e. The molecule has 1 fully saturated rings. The first kappa shape index (κ1) is 45.7. The number of nitrogens with zero attached hydrogens (tertiary/aromatic N) is 4. The van der Waals surface area contributed by atoms with E-state index >= 15 is 0 Å². The molecule has 6 rings (SSSR count). The number of rotatable bonds is 15. The molecule has 0 spiro atoms. The monoisotopic (exact) mass is 834 g/mol. The predicted octanol–water partition coefficient (Wildman–Crippen LogP) is 9.98. The lowest BCUT2D eigenvalue weighted by Gasteiger charge is -2.25. The number of nitriles is 1. The first-order valence-electron chi connectivity index (χ1n) is 19.1. The van der Waals surface area contributed by atoms with Gasteiger partial charge in [-0.2, -0.15) is 14.9 Å². The van der Waals surface area contributed by atoms with Gasteiger partial charge in [-0.3, -0.25) is 9.98 Å². The number of carbonyl (C=O) groups excluding carboxylic acids is 2. The number of aryl methyl sites for hydroxylation is 1. The lowest BCUT2D eigenvalue weighted by molar-refractivity contribution is -0.191. The van der Waals surface area contributed by atoms with Crippen LogP contribution in [0.15, 0.2) is 113 Å². The van der Waals surface area contributed by atoms with Crippen molar-refractivity contribution < 1.29 is 28.5 Å². The SMILES string of the molecule is COc1cc(C=NCCN2CCCCC2)cc(C)c1OCc1cccc(C#N)c1.COc1cc(C=NCc2ccccc2)cc(Cl)c1OCc1cccc(Cl)c1.O=C=O. The van der Waals surface area contributed by atoms with Gasteiger partial charge in [0.05, 0.1) is 44.0 Å². The van der Waals surface area contributed by atoms with E-state index in [4.69, 9.17) is 57.0 Å². The molecular formula is C47H48Cl2N4O6. The van der Waals surface area contributed by atoms with Gasteiger partial charge in [0.25, 0.3) is 0 Å². The third-order valence-electron chi connectivity index (χ3n) is 9.04. The van der Waals surface area contributed by atoms with Crippen molar-refractivity contribution in [2.75, 3.05) is 40.4 Å². The second-order valence-corrected chi connectivity index (χ2v) is 14.2. The Bertz CT molecular complexity index is 2210. The summed E-state index contributed by atoms with van der Waals surface area (Å²) in [5.74, 6) is 2.48. The van der Waals surface area contributed by atoms with Crippen molar-refractivity contribution in [2.24, 2.45) is 9.98 Å². The summed E-state index contributed by atoms with van der Waals surface area (Å²) in [6.45, 7) is 7.58. The van der Waals surface area contributed by atoms with Crippen molar-refractivity contribution in [2.45, 2.75) is 45.9 Å². The molecule has 0 saturated carbocycles. The van der Waals surface area contributed by atoms with Crippen LogP contribution in [0, 0.1) is 18.3 Å². The highest BCUT2D eigenvalue weighted by atomic mass is 35.5. The molecule has 0 radical (unpaired) electrons. The third-order valence-corrected chi connectivity index (χ3v) is 9.55. The molecule has 306 valence electrons. The Morgan fingerprint density at radius 1 is 0.712 bits per heavy atom. The highest BCUT2D eigenvalue weighted by Crippen LogP contribution is 2.37. The first-order valence-corrected chi connectivity index (χ1v) is 19.8. The van der Waals surface area contributed by atoms with E-state index in [9.17, 15) is 0 Å². The number of halogens is 2.